The van der Waals surface area contributed by atoms with Gasteiger partial charge in [-0.25, -0.2) is 8.42 Å². The molecule has 2 aromatic rings. The maximum atomic E-state index is 13.0. The van der Waals surface area contributed by atoms with Crippen molar-refractivity contribution in [1.82, 2.24) is 4.57 Å². The van der Waals surface area contributed by atoms with Crippen LogP contribution in [-0.2, 0) is 9.84 Å². The van der Waals surface area contributed by atoms with Gasteiger partial charge in [-0.15, -0.1) is 11.8 Å². The van der Waals surface area contributed by atoms with E-state index >= 15 is 0 Å². The molecule has 2 heterocycles. The Hall–Kier alpha value is -1.53. The average Bonchev–Trinajstić information content (AvgIpc) is 3.11. The van der Waals surface area contributed by atoms with Gasteiger partial charge in [0.25, 0.3) is 0 Å². The molecule has 0 radical (unpaired) electrons. The normalized spacial score (nSPS) is 18.6. The monoisotopic (exact) mass is 419 g/mol. The minimum Gasteiger partial charge on any atom is -0.344 e. The number of Topliss-reactive ketones (excluding diaryl/α,β-unsaturated/α-hetero) is 1. The summed E-state index contributed by atoms with van der Waals surface area (Å²) in [5, 5.41) is 0. The number of sulfone groups is 1. The van der Waals surface area contributed by atoms with Crippen molar-refractivity contribution in [2.45, 2.75) is 58.9 Å². The molecule has 1 aromatic heterocycles. The van der Waals surface area contributed by atoms with E-state index in [9.17, 15) is 13.2 Å². The molecule has 4 nitrogen and oxygen atoms in total. The summed E-state index contributed by atoms with van der Waals surface area (Å²) in [4.78, 5) is 14.2. The van der Waals surface area contributed by atoms with E-state index in [1.807, 2.05) is 19.9 Å². The molecule has 1 aliphatic rings. The summed E-state index contributed by atoms with van der Waals surface area (Å²) in [5.41, 5.74) is 7.54. The summed E-state index contributed by atoms with van der Waals surface area (Å²) >= 11 is 1.61. The quantitative estimate of drug-likeness (QED) is 0.522. The van der Waals surface area contributed by atoms with Crippen LogP contribution in [0.25, 0.3) is 0 Å². The molecule has 1 aliphatic heterocycles. The number of carbonyl (C=O) groups is 1. The number of benzene rings is 1. The highest BCUT2D eigenvalue weighted by Gasteiger charge is 2.31. The number of aryl methyl sites for hydroxylation is 3. The molecule has 1 saturated heterocycles. The molecule has 28 heavy (non-hydrogen) atoms. The van der Waals surface area contributed by atoms with Gasteiger partial charge in [0.15, 0.2) is 15.6 Å². The van der Waals surface area contributed by atoms with E-state index in [1.54, 1.807) is 11.8 Å². The minimum absolute atomic E-state index is 0.0527. The first kappa shape index (κ1) is 21.2. The molecule has 0 bridgehead atoms. The maximum absolute atomic E-state index is 13.0. The van der Waals surface area contributed by atoms with Gasteiger partial charge in [0, 0.05) is 27.9 Å². The third-order valence-electron chi connectivity index (χ3n) is 6.00. The van der Waals surface area contributed by atoms with Crippen LogP contribution >= 0.6 is 11.8 Å². The number of thioether (sulfide) groups is 1. The third-order valence-corrected chi connectivity index (χ3v) is 9.06. The SMILES string of the molecule is Cc1cc(C)c(C)c(SCC(=O)c2cc(C)n([C@@H]3CCS(=O)(=O)C3)c2C)c1C. The van der Waals surface area contributed by atoms with Gasteiger partial charge in [-0.05, 0) is 76.3 Å². The highest BCUT2D eigenvalue weighted by atomic mass is 32.2. The van der Waals surface area contributed by atoms with E-state index in [2.05, 4.69) is 38.3 Å². The molecule has 1 fully saturated rings. The van der Waals surface area contributed by atoms with Crippen molar-refractivity contribution in [2.75, 3.05) is 17.3 Å². The molecule has 0 unspecified atom stereocenters. The van der Waals surface area contributed by atoms with Crippen LogP contribution in [0.3, 0.4) is 0 Å². The molecular weight excluding hydrogens is 390 g/mol. The molecule has 6 heteroatoms. The number of hydrogen-bond acceptors (Lipinski definition) is 4. The lowest BCUT2D eigenvalue weighted by atomic mass is 10.0. The average molecular weight is 420 g/mol. The predicted octanol–water partition coefficient (Wildman–Crippen LogP) is 4.67. The zero-order chi connectivity index (χ0) is 20.8. The summed E-state index contributed by atoms with van der Waals surface area (Å²) in [6, 6.07) is 4.06. The molecule has 0 amide bonds. The Morgan fingerprint density at radius 1 is 1.07 bits per heavy atom. The van der Waals surface area contributed by atoms with Crippen molar-refractivity contribution >= 4 is 27.4 Å². The van der Waals surface area contributed by atoms with Gasteiger partial charge < -0.3 is 4.57 Å². The summed E-state index contributed by atoms with van der Waals surface area (Å²) in [6.45, 7) is 12.3. The number of aromatic nitrogens is 1. The molecule has 3 rings (SSSR count). The second-order valence-corrected chi connectivity index (χ2v) is 11.2. The summed E-state index contributed by atoms with van der Waals surface area (Å²) in [6.07, 6.45) is 0.627. The van der Waals surface area contributed by atoms with Gasteiger partial charge in [-0.2, -0.15) is 0 Å². The molecule has 1 aromatic carbocycles. The predicted molar refractivity (Wildman–Crippen MR) is 117 cm³/mol. The molecule has 1 atom stereocenters. The number of ketones is 1. The molecule has 0 N–H and O–H groups in total. The zero-order valence-corrected chi connectivity index (χ0v) is 19.2. The molecule has 0 saturated carbocycles. The Morgan fingerprint density at radius 3 is 2.21 bits per heavy atom. The van der Waals surface area contributed by atoms with E-state index in [4.69, 9.17) is 0 Å². The number of carbonyl (C=O) groups excluding carboxylic acids is 1. The zero-order valence-electron chi connectivity index (χ0n) is 17.5. The van der Waals surface area contributed by atoms with Crippen LogP contribution in [0.15, 0.2) is 17.0 Å². The Bertz CT molecular complexity index is 1020. The summed E-state index contributed by atoms with van der Waals surface area (Å²) in [7, 11) is -2.96. The van der Waals surface area contributed by atoms with E-state index < -0.39 is 9.84 Å². The fraction of sp³-hybridized carbons (Fsp3) is 0.500. The third kappa shape index (κ3) is 3.94. The highest BCUT2D eigenvalue weighted by molar-refractivity contribution is 8.00. The van der Waals surface area contributed by atoms with Crippen LogP contribution in [0.1, 0.15) is 56.5 Å². The first-order valence-corrected chi connectivity index (χ1v) is 12.4. The van der Waals surface area contributed by atoms with Gasteiger partial charge in [-0.1, -0.05) is 6.07 Å². The first-order chi connectivity index (χ1) is 13.0. The lowest BCUT2D eigenvalue weighted by molar-refractivity contribution is 0.102. The van der Waals surface area contributed by atoms with Crippen molar-refractivity contribution in [3.05, 3.63) is 51.3 Å². The highest BCUT2D eigenvalue weighted by Crippen LogP contribution is 2.33. The Labute approximate surface area is 172 Å². The van der Waals surface area contributed by atoms with Crippen LogP contribution < -0.4 is 0 Å². The Morgan fingerprint density at radius 2 is 1.68 bits per heavy atom. The molecule has 152 valence electrons. The number of hydrogen-bond donors (Lipinski definition) is 0. The van der Waals surface area contributed by atoms with Crippen LogP contribution in [0.5, 0.6) is 0 Å². The minimum atomic E-state index is -2.96. The topological polar surface area (TPSA) is 56.1 Å². The number of rotatable bonds is 5. The Balaban J connectivity index is 1.83. The number of nitrogens with zero attached hydrogens (tertiary/aromatic N) is 1. The van der Waals surface area contributed by atoms with E-state index in [0.29, 0.717) is 17.7 Å². The summed E-state index contributed by atoms with van der Waals surface area (Å²) < 4.78 is 25.8. The van der Waals surface area contributed by atoms with Crippen LogP contribution in [0.4, 0.5) is 0 Å². The van der Waals surface area contributed by atoms with Crippen molar-refractivity contribution in [3.8, 4) is 0 Å². The van der Waals surface area contributed by atoms with Crippen molar-refractivity contribution in [3.63, 3.8) is 0 Å². The van der Waals surface area contributed by atoms with Crippen molar-refractivity contribution in [1.29, 1.82) is 0 Å². The fourth-order valence-corrected chi connectivity index (χ4v) is 7.10. The van der Waals surface area contributed by atoms with E-state index in [0.717, 1.165) is 11.4 Å². The first-order valence-electron chi connectivity index (χ1n) is 9.64. The molecule has 0 aliphatic carbocycles. The lowest BCUT2D eigenvalue weighted by Crippen LogP contribution is -2.14. The lowest BCUT2D eigenvalue weighted by Gasteiger charge is -2.16. The van der Waals surface area contributed by atoms with Gasteiger partial charge in [-0.3, -0.25) is 4.79 Å². The van der Waals surface area contributed by atoms with E-state index in [1.165, 1.54) is 27.1 Å². The van der Waals surface area contributed by atoms with Gasteiger partial charge >= 0.3 is 0 Å². The smallest absolute Gasteiger partial charge is 0.174 e. The maximum Gasteiger partial charge on any atom is 0.174 e. The van der Waals surface area contributed by atoms with Crippen LogP contribution in [0.2, 0.25) is 0 Å². The standard InChI is InChI=1S/C22H29NO3S2/c1-13-9-14(2)17(5)22(16(13)4)27-11-21(24)20-10-15(3)23(18(20)6)19-7-8-28(25,26)12-19/h9-10,19H,7-8,11-12H2,1-6H3/t19-/m1/s1. The van der Waals surface area contributed by atoms with Gasteiger partial charge in [0.1, 0.15) is 0 Å². The summed E-state index contributed by atoms with van der Waals surface area (Å²) in [5.74, 6) is 0.895. The van der Waals surface area contributed by atoms with E-state index in [-0.39, 0.29) is 23.3 Å². The largest absolute Gasteiger partial charge is 0.344 e. The molecular formula is C22H29NO3S2. The fourth-order valence-electron chi connectivity index (χ4n) is 4.21. The Kier molecular flexibility index (Phi) is 5.84. The van der Waals surface area contributed by atoms with Gasteiger partial charge in [0.05, 0.1) is 17.3 Å². The van der Waals surface area contributed by atoms with Crippen molar-refractivity contribution < 1.29 is 13.2 Å². The van der Waals surface area contributed by atoms with Gasteiger partial charge in [0.2, 0.25) is 0 Å². The van der Waals surface area contributed by atoms with Crippen molar-refractivity contribution in [2.24, 2.45) is 0 Å². The second kappa shape index (κ2) is 7.71. The second-order valence-electron chi connectivity index (χ2n) is 8.01. The van der Waals surface area contributed by atoms with Crippen LogP contribution in [-0.4, -0.2) is 36.0 Å². The van der Waals surface area contributed by atoms with Crippen LogP contribution in [0, 0.1) is 41.5 Å². The molecule has 0 spiro atoms.